The maximum atomic E-state index is 12.1. The number of anilines is 2. The normalized spacial score (nSPS) is 10.5. The summed E-state index contributed by atoms with van der Waals surface area (Å²) < 4.78 is 0. The van der Waals surface area contributed by atoms with Crippen molar-refractivity contribution in [2.45, 2.75) is 13.8 Å². The number of amides is 1. The molecule has 0 atom stereocenters. The number of nitrogens with two attached hydrogens (primary N) is 1. The number of hydrogen-bond acceptors (Lipinski definition) is 3. The van der Waals surface area contributed by atoms with Crippen molar-refractivity contribution in [3.05, 3.63) is 39.0 Å². The maximum absolute atomic E-state index is 12.1. The van der Waals surface area contributed by atoms with Crippen molar-refractivity contribution >= 4 is 40.6 Å². The Morgan fingerprint density at radius 3 is 2.63 bits per heavy atom. The number of aryl methyl sites for hydroxylation is 1. The van der Waals surface area contributed by atoms with Crippen LogP contribution in [-0.4, -0.2) is 16.1 Å². The van der Waals surface area contributed by atoms with E-state index in [1.807, 2.05) is 13.8 Å². The molecule has 0 saturated carbocycles. The van der Waals surface area contributed by atoms with Crippen LogP contribution in [0.25, 0.3) is 0 Å². The average Bonchev–Trinajstić information content (AvgIpc) is 2.65. The Morgan fingerprint density at radius 2 is 2.05 bits per heavy atom. The molecule has 2 rings (SSSR count). The van der Waals surface area contributed by atoms with Crippen molar-refractivity contribution in [2.24, 2.45) is 0 Å². The van der Waals surface area contributed by atoms with E-state index in [-0.39, 0.29) is 15.6 Å². The van der Waals surface area contributed by atoms with Crippen LogP contribution in [0.15, 0.2) is 12.1 Å². The van der Waals surface area contributed by atoms with Gasteiger partial charge in [-0.3, -0.25) is 9.89 Å². The van der Waals surface area contributed by atoms with Gasteiger partial charge in [-0.25, -0.2) is 0 Å². The second-order valence-electron chi connectivity index (χ2n) is 4.14. The number of halogens is 2. The first kappa shape index (κ1) is 13.7. The molecule has 0 unspecified atom stereocenters. The van der Waals surface area contributed by atoms with Gasteiger partial charge < -0.3 is 11.1 Å². The molecule has 0 saturated heterocycles. The predicted octanol–water partition coefficient (Wildman–Crippen LogP) is 3.17. The second-order valence-corrected chi connectivity index (χ2v) is 4.93. The minimum absolute atomic E-state index is 0.165. The standard InChI is InChI=1S/C12H12Cl2N4O/c1-5-6(2)17-18-11(5)16-12(19)8-3-7(15)4-9(13)10(8)14/h3-4H,15H2,1-2H3,(H2,16,17,18,19). The van der Waals surface area contributed by atoms with Gasteiger partial charge in [-0.05, 0) is 26.0 Å². The molecule has 0 fully saturated rings. The molecule has 0 aliphatic carbocycles. The molecule has 2 aromatic rings. The third-order valence-corrected chi connectivity index (χ3v) is 3.58. The fourth-order valence-corrected chi connectivity index (χ4v) is 1.98. The number of aromatic nitrogens is 2. The Kier molecular flexibility index (Phi) is 3.68. The van der Waals surface area contributed by atoms with E-state index in [1.54, 1.807) is 0 Å². The summed E-state index contributed by atoms with van der Waals surface area (Å²) >= 11 is 11.9. The summed E-state index contributed by atoms with van der Waals surface area (Å²) in [5, 5.41) is 9.84. The molecule has 19 heavy (non-hydrogen) atoms. The topological polar surface area (TPSA) is 83.8 Å². The van der Waals surface area contributed by atoms with E-state index in [0.717, 1.165) is 11.3 Å². The molecule has 1 heterocycles. The highest BCUT2D eigenvalue weighted by molar-refractivity contribution is 6.44. The number of carbonyl (C=O) groups is 1. The number of rotatable bonds is 2. The number of aromatic amines is 1. The minimum atomic E-state index is -0.409. The number of benzene rings is 1. The van der Waals surface area contributed by atoms with Gasteiger partial charge in [0, 0.05) is 16.9 Å². The molecule has 5 nitrogen and oxygen atoms in total. The van der Waals surface area contributed by atoms with E-state index in [4.69, 9.17) is 28.9 Å². The fraction of sp³-hybridized carbons (Fsp3) is 0.167. The van der Waals surface area contributed by atoms with Crippen LogP contribution in [0.4, 0.5) is 11.5 Å². The summed E-state index contributed by atoms with van der Waals surface area (Å²) in [6.45, 7) is 3.71. The molecule has 0 aliphatic heterocycles. The molecule has 7 heteroatoms. The Hall–Kier alpha value is -1.72. The molecule has 0 aliphatic rings. The highest BCUT2D eigenvalue weighted by Gasteiger charge is 2.16. The largest absolute Gasteiger partial charge is 0.399 e. The van der Waals surface area contributed by atoms with Crippen LogP contribution >= 0.6 is 23.2 Å². The Bertz CT molecular complexity index is 651. The van der Waals surface area contributed by atoms with E-state index in [0.29, 0.717) is 11.5 Å². The smallest absolute Gasteiger partial charge is 0.258 e. The van der Waals surface area contributed by atoms with Gasteiger partial charge in [0.15, 0.2) is 5.82 Å². The van der Waals surface area contributed by atoms with Gasteiger partial charge in [0.1, 0.15) is 0 Å². The van der Waals surface area contributed by atoms with Crippen LogP contribution in [0.5, 0.6) is 0 Å². The SMILES string of the molecule is Cc1[nH]nc(NC(=O)c2cc(N)cc(Cl)c2Cl)c1C. The van der Waals surface area contributed by atoms with Crippen LogP contribution in [0, 0.1) is 13.8 Å². The molecular formula is C12H12Cl2N4O. The summed E-state index contributed by atoms with van der Waals surface area (Å²) in [6.07, 6.45) is 0. The molecule has 4 N–H and O–H groups in total. The van der Waals surface area contributed by atoms with Crippen molar-refractivity contribution in [2.75, 3.05) is 11.1 Å². The van der Waals surface area contributed by atoms with Gasteiger partial charge >= 0.3 is 0 Å². The lowest BCUT2D eigenvalue weighted by Gasteiger charge is -2.07. The van der Waals surface area contributed by atoms with Gasteiger partial charge in [-0.15, -0.1) is 0 Å². The molecular weight excluding hydrogens is 287 g/mol. The zero-order valence-electron chi connectivity index (χ0n) is 10.3. The highest BCUT2D eigenvalue weighted by atomic mass is 35.5. The Labute approximate surface area is 120 Å². The first-order valence-corrected chi connectivity index (χ1v) is 6.23. The Morgan fingerprint density at radius 1 is 1.37 bits per heavy atom. The van der Waals surface area contributed by atoms with Crippen molar-refractivity contribution in [3.63, 3.8) is 0 Å². The summed E-state index contributed by atoms with van der Waals surface area (Å²) in [6, 6.07) is 2.96. The number of nitrogen functional groups attached to an aromatic ring is 1. The van der Waals surface area contributed by atoms with Crippen LogP contribution in [-0.2, 0) is 0 Å². The number of nitrogens with one attached hydrogen (secondary N) is 2. The van der Waals surface area contributed by atoms with Crippen LogP contribution < -0.4 is 11.1 Å². The van der Waals surface area contributed by atoms with E-state index >= 15 is 0 Å². The molecule has 100 valence electrons. The molecule has 0 radical (unpaired) electrons. The summed E-state index contributed by atoms with van der Waals surface area (Å²) in [5.41, 5.74) is 7.98. The maximum Gasteiger partial charge on any atom is 0.258 e. The van der Waals surface area contributed by atoms with E-state index < -0.39 is 5.91 Å². The molecule has 1 aromatic carbocycles. The van der Waals surface area contributed by atoms with Crippen molar-refractivity contribution in [3.8, 4) is 0 Å². The predicted molar refractivity (Wildman–Crippen MR) is 76.9 cm³/mol. The first-order valence-electron chi connectivity index (χ1n) is 5.47. The lowest BCUT2D eigenvalue weighted by molar-refractivity contribution is 0.102. The zero-order chi connectivity index (χ0) is 14.2. The van der Waals surface area contributed by atoms with Gasteiger partial charge in [0.05, 0.1) is 15.6 Å². The van der Waals surface area contributed by atoms with Gasteiger partial charge in [0.25, 0.3) is 5.91 Å². The Balaban J connectivity index is 2.33. The zero-order valence-corrected chi connectivity index (χ0v) is 11.9. The second kappa shape index (κ2) is 5.11. The molecule has 1 amide bonds. The van der Waals surface area contributed by atoms with E-state index in [2.05, 4.69) is 15.5 Å². The lowest BCUT2D eigenvalue weighted by Crippen LogP contribution is -2.14. The monoisotopic (exact) mass is 298 g/mol. The van der Waals surface area contributed by atoms with Crippen molar-refractivity contribution < 1.29 is 4.79 Å². The fourth-order valence-electron chi connectivity index (χ4n) is 1.56. The highest BCUT2D eigenvalue weighted by Crippen LogP contribution is 2.29. The molecule has 1 aromatic heterocycles. The average molecular weight is 299 g/mol. The van der Waals surface area contributed by atoms with Crippen LogP contribution in [0.1, 0.15) is 21.6 Å². The minimum Gasteiger partial charge on any atom is -0.399 e. The summed E-state index contributed by atoms with van der Waals surface area (Å²) in [5.74, 6) is 0.0471. The van der Waals surface area contributed by atoms with Gasteiger partial charge in [-0.1, -0.05) is 23.2 Å². The van der Waals surface area contributed by atoms with Crippen molar-refractivity contribution in [1.82, 2.24) is 10.2 Å². The summed E-state index contributed by atoms with van der Waals surface area (Å²) in [7, 11) is 0. The molecule has 0 bridgehead atoms. The third-order valence-electron chi connectivity index (χ3n) is 2.78. The number of carbonyl (C=O) groups excluding carboxylic acids is 1. The molecule has 0 spiro atoms. The van der Waals surface area contributed by atoms with Gasteiger partial charge in [0.2, 0.25) is 0 Å². The van der Waals surface area contributed by atoms with E-state index in [1.165, 1.54) is 12.1 Å². The lowest BCUT2D eigenvalue weighted by atomic mass is 10.2. The number of nitrogens with zero attached hydrogens (tertiary/aromatic N) is 1. The number of H-pyrrole nitrogens is 1. The summed E-state index contributed by atoms with van der Waals surface area (Å²) in [4.78, 5) is 12.1. The van der Waals surface area contributed by atoms with Crippen LogP contribution in [0.2, 0.25) is 10.0 Å². The van der Waals surface area contributed by atoms with Gasteiger partial charge in [-0.2, -0.15) is 5.10 Å². The van der Waals surface area contributed by atoms with Crippen LogP contribution in [0.3, 0.4) is 0 Å². The van der Waals surface area contributed by atoms with Crippen molar-refractivity contribution in [1.29, 1.82) is 0 Å². The third kappa shape index (κ3) is 2.67. The quantitative estimate of drug-likeness (QED) is 0.745. The number of hydrogen-bond donors (Lipinski definition) is 3. The first-order chi connectivity index (χ1) is 8.90. The van der Waals surface area contributed by atoms with E-state index in [9.17, 15) is 4.79 Å².